The molecule has 1 aromatic carbocycles. The van der Waals surface area contributed by atoms with Gasteiger partial charge in [-0.3, -0.25) is 0 Å². The number of nitrogens with two attached hydrogens (primary N) is 1. The van der Waals surface area contributed by atoms with E-state index in [1.54, 1.807) is 12.1 Å². The number of benzene rings is 1. The van der Waals surface area contributed by atoms with E-state index in [1.807, 2.05) is 0 Å². The van der Waals surface area contributed by atoms with Crippen molar-refractivity contribution in [1.82, 2.24) is 0 Å². The van der Waals surface area contributed by atoms with E-state index in [4.69, 9.17) is 22.1 Å². The van der Waals surface area contributed by atoms with Gasteiger partial charge in [-0.1, -0.05) is 11.6 Å². The van der Waals surface area contributed by atoms with E-state index in [0.717, 1.165) is 0 Å². The van der Waals surface area contributed by atoms with E-state index >= 15 is 0 Å². The van der Waals surface area contributed by atoms with Gasteiger partial charge in [-0.2, -0.15) is 0 Å². The molecule has 17 heavy (non-hydrogen) atoms. The largest absolute Gasteiger partial charge is 0.492 e. The number of hydrogen-bond donors (Lipinski definition) is 1. The van der Waals surface area contributed by atoms with Gasteiger partial charge in [0.25, 0.3) is 0 Å². The molecule has 0 spiro atoms. The Bertz CT molecular complexity index is 505. The molecule has 1 aromatic rings. The standard InChI is InChI=1S/C10H13BrClNO3S/c1-17(14,15)4-2-3-16-10-6-9(13)7(11)5-8(10)12/h5-6H,2-4,13H2,1H3. The van der Waals surface area contributed by atoms with E-state index in [1.165, 1.54) is 6.26 Å². The molecule has 0 saturated carbocycles. The quantitative estimate of drug-likeness (QED) is 0.659. The molecule has 0 bridgehead atoms. The molecular weight excluding hydrogens is 330 g/mol. The zero-order chi connectivity index (χ0) is 13.1. The van der Waals surface area contributed by atoms with Gasteiger partial charge in [-0.25, -0.2) is 8.42 Å². The minimum absolute atomic E-state index is 0.0939. The first kappa shape index (κ1) is 14.6. The van der Waals surface area contributed by atoms with Gasteiger partial charge in [0.1, 0.15) is 15.6 Å². The molecule has 0 unspecified atom stereocenters. The van der Waals surface area contributed by atoms with Crippen LogP contribution in [0.5, 0.6) is 5.75 Å². The minimum atomic E-state index is -2.95. The van der Waals surface area contributed by atoms with Gasteiger partial charge < -0.3 is 10.5 Å². The fraction of sp³-hybridized carbons (Fsp3) is 0.400. The van der Waals surface area contributed by atoms with Gasteiger partial charge in [-0.15, -0.1) is 0 Å². The molecular formula is C10H13BrClNO3S. The van der Waals surface area contributed by atoms with Crippen LogP contribution in [0.4, 0.5) is 5.69 Å². The van der Waals surface area contributed by atoms with Crippen LogP contribution in [0.2, 0.25) is 5.02 Å². The van der Waals surface area contributed by atoms with Gasteiger partial charge >= 0.3 is 0 Å². The first-order chi connectivity index (χ1) is 7.79. The maximum Gasteiger partial charge on any atom is 0.147 e. The minimum Gasteiger partial charge on any atom is -0.492 e. The Labute approximate surface area is 114 Å². The Morgan fingerprint density at radius 1 is 1.47 bits per heavy atom. The average molecular weight is 343 g/mol. The Morgan fingerprint density at radius 3 is 2.71 bits per heavy atom. The molecule has 0 aromatic heterocycles. The maximum absolute atomic E-state index is 10.9. The van der Waals surface area contributed by atoms with Gasteiger partial charge in [0.2, 0.25) is 0 Å². The molecule has 0 saturated heterocycles. The third-order valence-corrected chi connectivity index (χ3v) is 3.98. The van der Waals surface area contributed by atoms with Crippen molar-refractivity contribution >= 4 is 43.1 Å². The molecule has 0 aliphatic carbocycles. The van der Waals surface area contributed by atoms with Crippen LogP contribution in [0.25, 0.3) is 0 Å². The van der Waals surface area contributed by atoms with Gasteiger partial charge in [-0.05, 0) is 28.4 Å². The number of hydrogen-bond acceptors (Lipinski definition) is 4. The predicted molar refractivity (Wildman–Crippen MR) is 73.4 cm³/mol. The highest BCUT2D eigenvalue weighted by atomic mass is 79.9. The first-order valence-corrected chi connectivity index (χ1v) is 8.08. The monoisotopic (exact) mass is 341 g/mol. The summed E-state index contributed by atoms with van der Waals surface area (Å²) in [4.78, 5) is 0. The Morgan fingerprint density at radius 2 is 2.12 bits per heavy atom. The van der Waals surface area contributed by atoms with E-state index < -0.39 is 9.84 Å². The fourth-order valence-electron chi connectivity index (χ4n) is 1.16. The summed E-state index contributed by atoms with van der Waals surface area (Å²) >= 11 is 9.19. The average Bonchev–Trinajstić information content (AvgIpc) is 2.18. The van der Waals surface area contributed by atoms with Crippen molar-refractivity contribution in [2.75, 3.05) is 24.3 Å². The van der Waals surface area contributed by atoms with Crippen LogP contribution in [-0.4, -0.2) is 27.0 Å². The lowest BCUT2D eigenvalue weighted by Crippen LogP contribution is -2.08. The smallest absolute Gasteiger partial charge is 0.147 e. The van der Waals surface area contributed by atoms with Crippen LogP contribution in [0.15, 0.2) is 16.6 Å². The van der Waals surface area contributed by atoms with Crippen molar-refractivity contribution in [3.8, 4) is 5.75 Å². The topological polar surface area (TPSA) is 69.4 Å². The number of nitrogen functional groups attached to an aromatic ring is 1. The molecule has 0 aliphatic rings. The number of ether oxygens (including phenoxy) is 1. The lowest BCUT2D eigenvalue weighted by Gasteiger charge is -2.09. The van der Waals surface area contributed by atoms with Crippen LogP contribution in [0.3, 0.4) is 0 Å². The second-order valence-electron chi connectivity index (χ2n) is 3.64. The summed E-state index contributed by atoms with van der Waals surface area (Å²) in [6, 6.07) is 3.25. The lowest BCUT2D eigenvalue weighted by atomic mass is 10.3. The van der Waals surface area contributed by atoms with Crippen molar-refractivity contribution in [3.05, 3.63) is 21.6 Å². The number of halogens is 2. The Balaban J connectivity index is 2.55. The van der Waals surface area contributed by atoms with Crippen molar-refractivity contribution in [2.24, 2.45) is 0 Å². The van der Waals surface area contributed by atoms with Gasteiger partial charge in [0, 0.05) is 22.5 Å². The second-order valence-corrected chi connectivity index (χ2v) is 7.16. The SMILES string of the molecule is CS(=O)(=O)CCCOc1cc(N)c(Br)cc1Cl. The zero-order valence-electron chi connectivity index (χ0n) is 9.24. The highest BCUT2D eigenvalue weighted by Crippen LogP contribution is 2.32. The normalized spacial score (nSPS) is 11.5. The summed E-state index contributed by atoms with van der Waals surface area (Å²) in [6.07, 6.45) is 1.61. The number of rotatable bonds is 5. The van der Waals surface area contributed by atoms with E-state index in [2.05, 4.69) is 15.9 Å². The van der Waals surface area contributed by atoms with Crippen molar-refractivity contribution < 1.29 is 13.2 Å². The van der Waals surface area contributed by atoms with Crippen molar-refractivity contribution in [2.45, 2.75) is 6.42 Å². The van der Waals surface area contributed by atoms with E-state index in [9.17, 15) is 8.42 Å². The molecule has 96 valence electrons. The van der Waals surface area contributed by atoms with Crippen LogP contribution in [-0.2, 0) is 9.84 Å². The summed E-state index contributed by atoms with van der Waals surface area (Å²) in [6.45, 7) is 0.286. The molecule has 0 amide bonds. The molecule has 1 rings (SSSR count). The highest BCUT2D eigenvalue weighted by molar-refractivity contribution is 9.10. The lowest BCUT2D eigenvalue weighted by molar-refractivity contribution is 0.318. The van der Waals surface area contributed by atoms with Crippen molar-refractivity contribution in [3.63, 3.8) is 0 Å². The maximum atomic E-state index is 10.9. The summed E-state index contributed by atoms with van der Waals surface area (Å²) in [5.41, 5.74) is 6.20. The highest BCUT2D eigenvalue weighted by Gasteiger charge is 2.07. The summed E-state index contributed by atoms with van der Waals surface area (Å²) in [7, 11) is -2.95. The number of sulfone groups is 1. The summed E-state index contributed by atoms with van der Waals surface area (Å²) in [5, 5.41) is 0.436. The summed E-state index contributed by atoms with van der Waals surface area (Å²) in [5.74, 6) is 0.553. The van der Waals surface area contributed by atoms with Crippen LogP contribution < -0.4 is 10.5 Å². The van der Waals surface area contributed by atoms with Crippen LogP contribution >= 0.6 is 27.5 Å². The van der Waals surface area contributed by atoms with E-state index in [0.29, 0.717) is 27.4 Å². The molecule has 0 radical (unpaired) electrons. The first-order valence-electron chi connectivity index (χ1n) is 4.84. The van der Waals surface area contributed by atoms with Gasteiger partial charge in [0.15, 0.2) is 0 Å². The molecule has 4 nitrogen and oxygen atoms in total. The predicted octanol–water partition coefficient (Wildman–Crippen LogP) is 2.50. The van der Waals surface area contributed by atoms with Crippen molar-refractivity contribution in [1.29, 1.82) is 0 Å². The van der Waals surface area contributed by atoms with E-state index in [-0.39, 0.29) is 12.4 Å². The molecule has 0 heterocycles. The molecule has 2 N–H and O–H groups in total. The second kappa shape index (κ2) is 5.93. The fourth-order valence-corrected chi connectivity index (χ4v) is 2.49. The van der Waals surface area contributed by atoms with Crippen LogP contribution in [0, 0.1) is 0 Å². The molecule has 0 aliphatic heterocycles. The molecule has 0 fully saturated rings. The summed E-state index contributed by atoms with van der Waals surface area (Å²) < 4.78 is 27.9. The van der Waals surface area contributed by atoms with Crippen LogP contribution in [0.1, 0.15) is 6.42 Å². The third kappa shape index (κ3) is 5.14. The number of anilines is 1. The van der Waals surface area contributed by atoms with Gasteiger partial charge in [0.05, 0.1) is 17.4 Å². The zero-order valence-corrected chi connectivity index (χ0v) is 12.4. The molecule has 7 heteroatoms. The third-order valence-electron chi connectivity index (χ3n) is 1.97. The Hall–Kier alpha value is -0.460. The Kier molecular flexibility index (Phi) is 5.09. The molecule has 0 atom stereocenters.